The Kier molecular flexibility index (Phi) is 8.48. The lowest BCUT2D eigenvalue weighted by atomic mass is 10.1. The number of benzene rings is 2. The van der Waals surface area contributed by atoms with Gasteiger partial charge in [-0.1, -0.05) is 30.3 Å². The summed E-state index contributed by atoms with van der Waals surface area (Å²) in [6.45, 7) is 5.47. The lowest BCUT2D eigenvalue weighted by Crippen LogP contribution is -2.46. The minimum absolute atomic E-state index is 0.0454. The Labute approximate surface area is 228 Å². The summed E-state index contributed by atoms with van der Waals surface area (Å²) < 4.78 is 0. The van der Waals surface area contributed by atoms with Gasteiger partial charge in [0.1, 0.15) is 0 Å². The number of hydrogen-bond donors (Lipinski definition) is 2. The van der Waals surface area contributed by atoms with Crippen LogP contribution in [-0.4, -0.2) is 84.9 Å². The van der Waals surface area contributed by atoms with E-state index in [0.717, 1.165) is 37.3 Å². The molecule has 1 aromatic heterocycles. The van der Waals surface area contributed by atoms with Crippen LogP contribution in [0.5, 0.6) is 0 Å². The number of piperazine rings is 1. The van der Waals surface area contributed by atoms with Gasteiger partial charge >= 0.3 is 0 Å². The maximum atomic E-state index is 13.2. The summed E-state index contributed by atoms with van der Waals surface area (Å²) >= 11 is 0. The van der Waals surface area contributed by atoms with Crippen LogP contribution < -0.4 is 15.5 Å². The molecule has 3 heterocycles. The van der Waals surface area contributed by atoms with E-state index in [1.54, 1.807) is 30.6 Å². The van der Waals surface area contributed by atoms with Gasteiger partial charge in [0.2, 0.25) is 5.91 Å². The lowest BCUT2D eigenvalue weighted by molar-refractivity contribution is -0.130. The molecule has 0 radical (unpaired) electrons. The van der Waals surface area contributed by atoms with Crippen molar-refractivity contribution in [3.05, 3.63) is 89.7 Å². The molecule has 0 bridgehead atoms. The molecule has 0 spiro atoms. The van der Waals surface area contributed by atoms with E-state index in [2.05, 4.69) is 20.5 Å². The van der Waals surface area contributed by atoms with E-state index in [9.17, 15) is 14.4 Å². The van der Waals surface area contributed by atoms with Crippen molar-refractivity contribution in [1.29, 1.82) is 0 Å². The van der Waals surface area contributed by atoms with Crippen LogP contribution in [0.15, 0.2) is 73.1 Å². The number of pyridine rings is 1. The van der Waals surface area contributed by atoms with Gasteiger partial charge in [-0.3, -0.25) is 19.4 Å². The molecule has 9 nitrogen and oxygen atoms in total. The minimum atomic E-state index is -0.264. The maximum absolute atomic E-state index is 13.2. The number of amides is 3. The van der Waals surface area contributed by atoms with Crippen molar-refractivity contribution < 1.29 is 14.4 Å². The van der Waals surface area contributed by atoms with Crippen LogP contribution in [-0.2, 0) is 11.2 Å². The zero-order valence-corrected chi connectivity index (χ0v) is 22.0. The van der Waals surface area contributed by atoms with Crippen LogP contribution in [0.4, 0.5) is 11.4 Å². The fourth-order valence-corrected chi connectivity index (χ4v) is 5.08. The van der Waals surface area contributed by atoms with Gasteiger partial charge in [-0.15, -0.1) is 0 Å². The summed E-state index contributed by atoms with van der Waals surface area (Å²) in [6, 6.07) is 18.7. The highest BCUT2D eigenvalue weighted by Crippen LogP contribution is 2.30. The number of hydrogen-bond acceptors (Lipinski definition) is 6. The standard InChI is InChI=1S/C30H34N6O3/c37-28(21-23-5-2-1-3-6-23)35-16-4-15-34(19-20-35)27-8-7-25(30(39)36-17-13-32-14-18-36)22-26(27)33-29(38)24-9-11-31-12-10-24/h1-3,5-12,22,32H,4,13-21H2,(H,33,38). The van der Waals surface area contributed by atoms with Crippen molar-refractivity contribution in [2.45, 2.75) is 12.8 Å². The number of nitrogens with zero attached hydrogens (tertiary/aromatic N) is 4. The maximum Gasteiger partial charge on any atom is 0.255 e. The van der Waals surface area contributed by atoms with Gasteiger partial charge in [0.25, 0.3) is 11.8 Å². The monoisotopic (exact) mass is 526 g/mol. The molecule has 2 fully saturated rings. The smallest absolute Gasteiger partial charge is 0.255 e. The molecule has 9 heteroatoms. The Morgan fingerprint density at radius 1 is 0.795 bits per heavy atom. The predicted octanol–water partition coefficient (Wildman–Crippen LogP) is 2.66. The van der Waals surface area contributed by atoms with E-state index in [1.165, 1.54) is 0 Å². The first kappa shape index (κ1) is 26.4. The van der Waals surface area contributed by atoms with Crippen LogP contribution in [0, 0.1) is 0 Å². The van der Waals surface area contributed by atoms with E-state index in [1.807, 2.05) is 52.3 Å². The minimum Gasteiger partial charge on any atom is -0.368 e. The van der Waals surface area contributed by atoms with Crippen LogP contribution in [0.25, 0.3) is 0 Å². The Bertz CT molecular complexity index is 1290. The Morgan fingerprint density at radius 2 is 1.56 bits per heavy atom. The number of aromatic nitrogens is 1. The number of rotatable bonds is 6. The SMILES string of the molecule is O=C(Nc1cc(C(=O)N2CCNCC2)ccc1N1CCCN(C(=O)Cc2ccccc2)CC1)c1ccncc1. The fourth-order valence-electron chi connectivity index (χ4n) is 5.08. The summed E-state index contributed by atoms with van der Waals surface area (Å²) in [6.07, 6.45) is 4.35. The van der Waals surface area contributed by atoms with E-state index < -0.39 is 0 Å². The van der Waals surface area contributed by atoms with Gasteiger partial charge in [0.15, 0.2) is 0 Å². The third-order valence-corrected chi connectivity index (χ3v) is 7.23. The molecule has 5 rings (SSSR count). The molecule has 2 aliphatic rings. The quantitative estimate of drug-likeness (QED) is 0.513. The molecule has 2 aliphatic heterocycles. The normalized spacial score (nSPS) is 15.9. The summed E-state index contributed by atoms with van der Waals surface area (Å²) in [5, 5.41) is 6.31. The zero-order chi connectivity index (χ0) is 27.0. The van der Waals surface area contributed by atoms with E-state index >= 15 is 0 Å². The van der Waals surface area contributed by atoms with Gasteiger partial charge in [0.05, 0.1) is 17.8 Å². The number of anilines is 2. The molecule has 202 valence electrons. The predicted molar refractivity (Wildman–Crippen MR) is 151 cm³/mol. The van der Waals surface area contributed by atoms with E-state index in [4.69, 9.17) is 0 Å². The van der Waals surface area contributed by atoms with Gasteiger partial charge in [0, 0.05) is 75.9 Å². The molecule has 3 amide bonds. The first-order chi connectivity index (χ1) is 19.1. The van der Waals surface area contributed by atoms with Crippen molar-refractivity contribution >= 4 is 29.1 Å². The Hall–Kier alpha value is -4.24. The number of carbonyl (C=O) groups excluding carboxylic acids is 3. The lowest BCUT2D eigenvalue weighted by Gasteiger charge is -2.29. The largest absolute Gasteiger partial charge is 0.368 e. The molecule has 0 atom stereocenters. The average molecular weight is 527 g/mol. The zero-order valence-electron chi connectivity index (χ0n) is 22.0. The summed E-state index contributed by atoms with van der Waals surface area (Å²) in [7, 11) is 0. The Morgan fingerprint density at radius 3 is 2.33 bits per heavy atom. The second-order valence-corrected chi connectivity index (χ2v) is 9.85. The summed E-state index contributed by atoms with van der Waals surface area (Å²) in [4.78, 5) is 49.3. The van der Waals surface area contributed by atoms with Crippen LogP contribution in [0.3, 0.4) is 0 Å². The van der Waals surface area contributed by atoms with Crippen molar-refractivity contribution in [2.24, 2.45) is 0 Å². The average Bonchev–Trinajstić information content (AvgIpc) is 3.25. The first-order valence-corrected chi connectivity index (χ1v) is 13.5. The molecule has 0 unspecified atom stereocenters. The molecule has 2 N–H and O–H groups in total. The fraction of sp³-hybridized carbons (Fsp3) is 0.333. The number of carbonyl (C=O) groups is 3. The van der Waals surface area contributed by atoms with Gasteiger partial charge < -0.3 is 25.3 Å². The van der Waals surface area contributed by atoms with Crippen LogP contribution >= 0.6 is 0 Å². The third kappa shape index (κ3) is 6.61. The molecule has 2 aromatic carbocycles. The molecule has 0 saturated carbocycles. The third-order valence-electron chi connectivity index (χ3n) is 7.23. The molecule has 0 aliphatic carbocycles. The molecule has 39 heavy (non-hydrogen) atoms. The van der Waals surface area contributed by atoms with Gasteiger partial charge in [-0.25, -0.2) is 0 Å². The topological polar surface area (TPSA) is 97.9 Å². The first-order valence-electron chi connectivity index (χ1n) is 13.5. The van der Waals surface area contributed by atoms with Crippen LogP contribution in [0.2, 0.25) is 0 Å². The number of nitrogens with one attached hydrogen (secondary N) is 2. The summed E-state index contributed by atoms with van der Waals surface area (Å²) in [5.41, 5.74) is 3.46. The van der Waals surface area contributed by atoms with Crippen molar-refractivity contribution in [3.63, 3.8) is 0 Å². The highest BCUT2D eigenvalue weighted by Gasteiger charge is 2.24. The second-order valence-electron chi connectivity index (χ2n) is 9.85. The molecular weight excluding hydrogens is 492 g/mol. The van der Waals surface area contributed by atoms with Crippen LogP contribution in [0.1, 0.15) is 32.7 Å². The van der Waals surface area contributed by atoms with Crippen molar-refractivity contribution in [3.8, 4) is 0 Å². The van der Waals surface area contributed by atoms with E-state index in [0.29, 0.717) is 56.0 Å². The summed E-state index contributed by atoms with van der Waals surface area (Å²) in [5.74, 6) is -0.192. The van der Waals surface area contributed by atoms with E-state index in [-0.39, 0.29) is 17.7 Å². The Balaban J connectivity index is 1.35. The van der Waals surface area contributed by atoms with Gasteiger partial charge in [-0.05, 0) is 42.3 Å². The second kappa shape index (κ2) is 12.5. The molecule has 2 saturated heterocycles. The van der Waals surface area contributed by atoms with Crippen molar-refractivity contribution in [2.75, 3.05) is 62.6 Å². The highest BCUT2D eigenvalue weighted by molar-refractivity contribution is 6.07. The molecular formula is C30H34N6O3. The molecule has 3 aromatic rings. The highest BCUT2D eigenvalue weighted by atomic mass is 16.2. The van der Waals surface area contributed by atoms with Gasteiger partial charge in [-0.2, -0.15) is 0 Å². The van der Waals surface area contributed by atoms with Crippen molar-refractivity contribution in [1.82, 2.24) is 20.1 Å².